The van der Waals surface area contributed by atoms with Crippen molar-refractivity contribution in [2.24, 2.45) is 36.0 Å². The summed E-state index contributed by atoms with van der Waals surface area (Å²) in [6.45, 7) is 0.924. The van der Waals surface area contributed by atoms with E-state index < -0.39 is 5.41 Å². The van der Waals surface area contributed by atoms with Crippen LogP contribution in [0.4, 0.5) is 4.79 Å². The predicted octanol–water partition coefficient (Wildman–Crippen LogP) is 2.45. The zero-order valence-corrected chi connectivity index (χ0v) is 19.3. The molecule has 6 atom stereocenters. The van der Waals surface area contributed by atoms with Gasteiger partial charge in [-0.15, -0.1) is 0 Å². The number of hydrogen-bond donors (Lipinski definition) is 1. The van der Waals surface area contributed by atoms with Crippen LogP contribution in [0.2, 0.25) is 5.02 Å². The van der Waals surface area contributed by atoms with Crippen LogP contribution in [0.1, 0.15) is 44.6 Å². The van der Waals surface area contributed by atoms with Crippen molar-refractivity contribution < 1.29 is 14.3 Å². The van der Waals surface area contributed by atoms with Gasteiger partial charge in [0, 0.05) is 26.3 Å². The van der Waals surface area contributed by atoms with E-state index in [1.54, 1.807) is 22.6 Å². The van der Waals surface area contributed by atoms with E-state index in [-0.39, 0.29) is 41.7 Å². The lowest BCUT2D eigenvalue weighted by molar-refractivity contribution is -0.161. The normalized spacial score (nSPS) is 34.8. The number of halogens is 1. The minimum atomic E-state index is -0.399. The number of aryl methyl sites for hydroxylation is 1. The molecular weight excluding hydrogens is 446 g/mol. The molecule has 0 radical (unpaired) electrons. The molecule has 3 heterocycles. The van der Waals surface area contributed by atoms with E-state index in [4.69, 9.17) is 22.1 Å². The summed E-state index contributed by atoms with van der Waals surface area (Å²) in [6, 6.07) is 1.56. The number of amides is 2. The molecule has 4 unspecified atom stereocenters. The molecule has 4 aliphatic carbocycles. The van der Waals surface area contributed by atoms with Gasteiger partial charge in [-0.25, -0.2) is 14.6 Å². The molecule has 7 rings (SSSR count). The maximum atomic E-state index is 13.1. The summed E-state index contributed by atoms with van der Waals surface area (Å²) < 4.78 is 9.27. The third-order valence-electron chi connectivity index (χ3n) is 8.63. The summed E-state index contributed by atoms with van der Waals surface area (Å²) in [5.74, 6) is 0.742. The number of rotatable bonds is 3. The molecule has 10 heteroatoms. The fraction of sp³-hybridized carbons (Fsp3) is 0.652. The van der Waals surface area contributed by atoms with Crippen molar-refractivity contribution in [1.29, 1.82) is 0 Å². The number of primary amides is 1. The quantitative estimate of drug-likeness (QED) is 0.735. The average molecular weight is 474 g/mol. The van der Waals surface area contributed by atoms with E-state index in [0.29, 0.717) is 41.6 Å². The van der Waals surface area contributed by atoms with Gasteiger partial charge in [-0.3, -0.25) is 13.9 Å². The van der Waals surface area contributed by atoms with Crippen LogP contribution in [0.5, 0.6) is 0 Å². The molecule has 5 fully saturated rings. The number of pyridine rings is 1. The number of carbonyl (C=O) groups excluding carboxylic acids is 2. The number of nitrogens with zero attached hydrogens (tertiary/aromatic N) is 4. The van der Waals surface area contributed by atoms with E-state index in [9.17, 15) is 14.4 Å². The Morgan fingerprint density at radius 1 is 1.24 bits per heavy atom. The summed E-state index contributed by atoms with van der Waals surface area (Å²) in [5.41, 5.74) is 6.45. The van der Waals surface area contributed by atoms with Gasteiger partial charge in [-0.05, 0) is 62.3 Å². The maximum Gasteiger partial charge on any atom is 0.410 e. The Balaban J connectivity index is 1.18. The van der Waals surface area contributed by atoms with Crippen LogP contribution in [0.15, 0.2) is 17.1 Å². The highest BCUT2D eigenvalue weighted by molar-refractivity contribution is 6.31. The van der Waals surface area contributed by atoms with E-state index in [1.165, 1.54) is 10.8 Å². The number of carbonyl (C=O) groups is 2. The molecule has 1 aliphatic heterocycles. The lowest BCUT2D eigenvalue weighted by Gasteiger charge is -2.58. The molecule has 4 saturated carbocycles. The van der Waals surface area contributed by atoms with Crippen molar-refractivity contribution in [2.75, 3.05) is 13.1 Å². The van der Waals surface area contributed by atoms with E-state index in [1.807, 2.05) is 0 Å². The molecule has 2 N–H and O–H groups in total. The zero-order chi connectivity index (χ0) is 23.1. The standard InChI is InChI=1S/C23H28ClN5O4/c1-27-17-6-15(24)10-26-19(17)29(21(27)31)16-2-3-28(11-16)22(32)33-18-13-4-12-5-14(18)9-23(7-12,8-13)20(25)30/h6,10,12-14,16,18H,2-5,7-9,11H2,1H3,(H2,25,30)/t12?,13-,14?,16+,18?,23?/m0/s1. The number of imidazole rings is 1. The second-order valence-corrected chi connectivity index (χ2v) is 11.0. The largest absolute Gasteiger partial charge is 0.446 e. The van der Waals surface area contributed by atoms with Crippen LogP contribution in [0, 0.1) is 23.2 Å². The highest BCUT2D eigenvalue weighted by atomic mass is 35.5. The third-order valence-corrected chi connectivity index (χ3v) is 8.84. The maximum absolute atomic E-state index is 13.1. The van der Waals surface area contributed by atoms with E-state index >= 15 is 0 Å². The Morgan fingerprint density at radius 2 is 1.97 bits per heavy atom. The van der Waals surface area contributed by atoms with Gasteiger partial charge in [0.2, 0.25) is 5.91 Å². The molecule has 9 nitrogen and oxygen atoms in total. The van der Waals surface area contributed by atoms with Crippen LogP contribution < -0.4 is 11.4 Å². The average Bonchev–Trinajstić information content (AvgIpc) is 3.34. The molecule has 2 aromatic rings. The fourth-order valence-corrected chi connectivity index (χ4v) is 7.47. The first kappa shape index (κ1) is 21.0. The lowest BCUT2D eigenvalue weighted by Crippen LogP contribution is -2.59. The summed E-state index contributed by atoms with van der Waals surface area (Å²) in [7, 11) is 1.70. The topological polar surface area (TPSA) is 112 Å². The van der Waals surface area contributed by atoms with E-state index in [2.05, 4.69) is 4.98 Å². The highest BCUT2D eigenvalue weighted by Crippen LogP contribution is 2.60. The second kappa shape index (κ2) is 7.22. The molecule has 5 aliphatic rings. The molecule has 0 aromatic carbocycles. The van der Waals surface area contributed by atoms with Crippen LogP contribution in [-0.4, -0.2) is 50.2 Å². The van der Waals surface area contributed by atoms with Crippen molar-refractivity contribution in [3.63, 3.8) is 0 Å². The molecular formula is C23H28ClN5O4. The highest BCUT2D eigenvalue weighted by Gasteiger charge is 2.59. The lowest BCUT2D eigenvalue weighted by atomic mass is 9.48. The summed E-state index contributed by atoms with van der Waals surface area (Å²) in [4.78, 5) is 44.3. The predicted molar refractivity (Wildman–Crippen MR) is 121 cm³/mol. The molecule has 4 bridgehead atoms. The van der Waals surface area contributed by atoms with Gasteiger partial charge >= 0.3 is 11.8 Å². The van der Waals surface area contributed by atoms with Gasteiger partial charge in [0.1, 0.15) is 6.10 Å². The van der Waals surface area contributed by atoms with Gasteiger partial charge < -0.3 is 15.4 Å². The Morgan fingerprint density at radius 3 is 2.67 bits per heavy atom. The fourth-order valence-electron chi connectivity index (χ4n) is 7.32. The van der Waals surface area contributed by atoms with Crippen LogP contribution in [-0.2, 0) is 16.6 Å². The Bertz CT molecular complexity index is 1210. The van der Waals surface area contributed by atoms with Gasteiger partial charge in [0.15, 0.2) is 5.65 Å². The van der Waals surface area contributed by atoms with Crippen molar-refractivity contribution >= 4 is 34.8 Å². The monoisotopic (exact) mass is 473 g/mol. The Kier molecular flexibility index (Phi) is 4.60. The minimum Gasteiger partial charge on any atom is -0.446 e. The molecule has 33 heavy (non-hydrogen) atoms. The van der Waals surface area contributed by atoms with Crippen molar-refractivity contribution in [3.8, 4) is 0 Å². The van der Waals surface area contributed by atoms with Gasteiger partial charge in [-0.1, -0.05) is 11.6 Å². The van der Waals surface area contributed by atoms with Crippen LogP contribution in [0.25, 0.3) is 11.2 Å². The number of aromatic nitrogens is 3. The molecule has 2 amide bonds. The van der Waals surface area contributed by atoms with E-state index in [0.717, 1.165) is 32.1 Å². The third kappa shape index (κ3) is 3.11. The molecule has 1 saturated heterocycles. The number of likely N-dealkylation sites (tertiary alicyclic amines) is 1. The van der Waals surface area contributed by atoms with Crippen LogP contribution >= 0.6 is 11.6 Å². The minimum absolute atomic E-state index is 0.148. The van der Waals surface area contributed by atoms with Gasteiger partial charge in [-0.2, -0.15) is 0 Å². The number of nitrogens with two attached hydrogens (primary N) is 1. The van der Waals surface area contributed by atoms with Gasteiger partial charge in [0.25, 0.3) is 0 Å². The summed E-state index contributed by atoms with van der Waals surface area (Å²) in [5, 5.41) is 0.473. The van der Waals surface area contributed by atoms with Crippen molar-refractivity contribution in [1.82, 2.24) is 19.0 Å². The first-order valence-electron chi connectivity index (χ1n) is 11.7. The van der Waals surface area contributed by atoms with Crippen LogP contribution in [0.3, 0.4) is 0 Å². The van der Waals surface area contributed by atoms with Crippen molar-refractivity contribution in [2.45, 2.75) is 50.7 Å². The van der Waals surface area contributed by atoms with Crippen molar-refractivity contribution in [3.05, 3.63) is 27.8 Å². The Labute approximate surface area is 195 Å². The van der Waals surface area contributed by atoms with Gasteiger partial charge in [0.05, 0.1) is 22.0 Å². The smallest absolute Gasteiger partial charge is 0.410 e. The first-order chi connectivity index (χ1) is 15.8. The zero-order valence-electron chi connectivity index (χ0n) is 18.6. The summed E-state index contributed by atoms with van der Waals surface area (Å²) in [6.07, 6.45) is 6.08. The number of ether oxygens (including phenoxy) is 1. The Hall–Kier alpha value is -2.55. The second-order valence-electron chi connectivity index (χ2n) is 10.6. The number of hydrogen-bond acceptors (Lipinski definition) is 5. The molecule has 0 spiro atoms. The first-order valence-corrected chi connectivity index (χ1v) is 12.1. The molecule has 176 valence electrons. The summed E-state index contributed by atoms with van der Waals surface area (Å²) >= 11 is 6.06. The SMILES string of the molecule is Cn1c(=O)n([C@@H]2CCN(C(=O)OC3C4CC5C[C@H]3CC(C(N)=O)(C5)C4)C2)c2ncc(Cl)cc21. The number of fused-ring (bicyclic) bond motifs is 1. The molecule has 2 aromatic heterocycles.